The number of morpholine rings is 1. The number of nitrogens with zero attached hydrogens (tertiary/aromatic N) is 1. The average molecular weight is 339 g/mol. The Morgan fingerprint density at radius 2 is 1.68 bits per heavy atom. The monoisotopic (exact) mass is 339 g/mol. The van der Waals surface area contributed by atoms with Crippen LogP contribution in [-0.2, 0) is 10.3 Å². The quantitative estimate of drug-likeness (QED) is 0.871. The van der Waals surface area contributed by atoms with Gasteiger partial charge in [-0.15, -0.1) is 0 Å². The predicted octanol–water partition coefficient (Wildman–Crippen LogP) is 3.71. The number of aliphatic hydroxyl groups is 1. The van der Waals surface area contributed by atoms with Crippen molar-refractivity contribution in [2.75, 3.05) is 32.8 Å². The van der Waals surface area contributed by atoms with Gasteiger partial charge in [0, 0.05) is 25.6 Å². The summed E-state index contributed by atoms with van der Waals surface area (Å²) in [4.78, 5) is 2.41. The van der Waals surface area contributed by atoms with Crippen LogP contribution >= 0.6 is 0 Å². The number of hydrogen-bond acceptors (Lipinski definition) is 3. The number of ether oxygens (including phenoxy) is 1. The molecule has 2 aromatic carbocycles. The molecule has 3 heteroatoms. The summed E-state index contributed by atoms with van der Waals surface area (Å²) in [5.41, 5.74) is 2.53. The Bertz CT molecular complexity index is 649. The van der Waals surface area contributed by atoms with E-state index in [2.05, 4.69) is 67.3 Å². The van der Waals surface area contributed by atoms with Crippen LogP contribution in [0.3, 0.4) is 0 Å². The first-order valence-electron chi connectivity index (χ1n) is 9.28. The third kappa shape index (κ3) is 4.12. The summed E-state index contributed by atoms with van der Waals surface area (Å²) >= 11 is 0. The highest BCUT2D eigenvalue weighted by molar-refractivity contribution is 5.33. The van der Waals surface area contributed by atoms with Crippen LogP contribution in [0.25, 0.3) is 0 Å². The van der Waals surface area contributed by atoms with Crippen molar-refractivity contribution in [2.24, 2.45) is 0 Å². The lowest BCUT2D eigenvalue weighted by Crippen LogP contribution is -2.44. The van der Waals surface area contributed by atoms with Crippen molar-refractivity contribution in [2.45, 2.75) is 31.8 Å². The van der Waals surface area contributed by atoms with Gasteiger partial charge in [-0.2, -0.15) is 0 Å². The van der Waals surface area contributed by atoms with Crippen molar-refractivity contribution in [1.29, 1.82) is 0 Å². The molecule has 0 radical (unpaired) electrons. The van der Waals surface area contributed by atoms with Crippen molar-refractivity contribution in [1.82, 2.24) is 4.90 Å². The van der Waals surface area contributed by atoms with E-state index >= 15 is 0 Å². The number of benzene rings is 2. The van der Waals surface area contributed by atoms with E-state index in [1.165, 1.54) is 11.1 Å². The fourth-order valence-electron chi connectivity index (χ4n) is 3.75. The minimum atomic E-state index is -0.882. The molecule has 2 atom stereocenters. The summed E-state index contributed by atoms with van der Waals surface area (Å²) in [6.07, 6.45) is 0.681. The number of hydrogen-bond donors (Lipinski definition) is 1. The standard InChI is InChI=1S/C22H29NO2/c1-3-22(24,20-11-9-18(2)10-12-20)21(19-7-5-4-6-8-19)17-23-13-15-25-16-14-23/h4-12,21,24H,3,13-17H2,1-2H3/t21-,22+/m0/s1. The Morgan fingerprint density at radius 1 is 1.04 bits per heavy atom. The van der Waals surface area contributed by atoms with Crippen LogP contribution in [-0.4, -0.2) is 42.9 Å². The van der Waals surface area contributed by atoms with Crippen LogP contribution in [0.4, 0.5) is 0 Å². The molecule has 3 nitrogen and oxygen atoms in total. The highest BCUT2D eigenvalue weighted by atomic mass is 16.5. The van der Waals surface area contributed by atoms with E-state index in [4.69, 9.17) is 4.74 Å². The summed E-state index contributed by atoms with van der Waals surface area (Å²) in [5.74, 6) is 0.0273. The Kier molecular flexibility index (Phi) is 5.89. The summed E-state index contributed by atoms with van der Waals surface area (Å²) in [7, 11) is 0. The van der Waals surface area contributed by atoms with Crippen LogP contribution in [0, 0.1) is 6.92 Å². The lowest BCUT2D eigenvalue weighted by molar-refractivity contribution is -0.0250. The molecular formula is C22H29NO2. The van der Waals surface area contributed by atoms with Gasteiger partial charge in [-0.1, -0.05) is 67.1 Å². The zero-order chi connectivity index (χ0) is 17.7. The molecule has 134 valence electrons. The third-order valence-electron chi connectivity index (χ3n) is 5.41. The molecule has 1 N–H and O–H groups in total. The molecule has 0 spiro atoms. The first-order chi connectivity index (χ1) is 12.1. The van der Waals surface area contributed by atoms with E-state index in [-0.39, 0.29) is 5.92 Å². The van der Waals surface area contributed by atoms with Crippen molar-refractivity contribution < 1.29 is 9.84 Å². The lowest BCUT2D eigenvalue weighted by Gasteiger charge is -2.40. The van der Waals surface area contributed by atoms with Crippen molar-refractivity contribution in [3.63, 3.8) is 0 Å². The minimum absolute atomic E-state index is 0.0273. The first kappa shape index (κ1) is 18.1. The number of rotatable bonds is 6. The van der Waals surface area contributed by atoms with Gasteiger partial charge in [-0.25, -0.2) is 0 Å². The molecule has 0 aromatic heterocycles. The largest absolute Gasteiger partial charge is 0.384 e. The molecule has 1 heterocycles. The van der Waals surface area contributed by atoms with E-state index in [1.807, 2.05) is 6.07 Å². The van der Waals surface area contributed by atoms with Gasteiger partial charge < -0.3 is 9.84 Å². The molecule has 0 unspecified atom stereocenters. The summed E-state index contributed by atoms with van der Waals surface area (Å²) in [5, 5.41) is 11.8. The SMILES string of the molecule is CC[C@@](O)(c1ccc(C)cc1)[C@@H](CN1CCOCC1)c1ccccc1. The van der Waals surface area contributed by atoms with E-state index in [1.54, 1.807) is 0 Å². The van der Waals surface area contributed by atoms with E-state index in [0.717, 1.165) is 38.4 Å². The van der Waals surface area contributed by atoms with Crippen LogP contribution < -0.4 is 0 Å². The second-order valence-corrected chi connectivity index (χ2v) is 7.02. The normalized spacial score (nSPS) is 19.3. The van der Waals surface area contributed by atoms with Gasteiger partial charge in [0.05, 0.1) is 18.8 Å². The van der Waals surface area contributed by atoms with Crippen LogP contribution in [0.1, 0.15) is 36.0 Å². The van der Waals surface area contributed by atoms with Gasteiger partial charge in [0.1, 0.15) is 0 Å². The molecule has 2 aromatic rings. The Hall–Kier alpha value is -1.68. The summed E-state index contributed by atoms with van der Waals surface area (Å²) < 4.78 is 5.49. The van der Waals surface area contributed by atoms with Crippen molar-refractivity contribution in [3.05, 3.63) is 71.3 Å². The third-order valence-corrected chi connectivity index (χ3v) is 5.41. The van der Waals surface area contributed by atoms with E-state index < -0.39 is 5.60 Å². The fourth-order valence-corrected chi connectivity index (χ4v) is 3.75. The second-order valence-electron chi connectivity index (χ2n) is 7.02. The maximum atomic E-state index is 11.8. The molecule has 3 rings (SSSR count). The molecule has 0 saturated carbocycles. The van der Waals surface area contributed by atoms with Crippen molar-refractivity contribution in [3.8, 4) is 0 Å². The number of aryl methyl sites for hydroxylation is 1. The van der Waals surface area contributed by atoms with Crippen LogP contribution in [0.5, 0.6) is 0 Å². The lowest BCUT2D eigenvalue weighted by atomic mass is 9.75. The zero-order valence-electron chi connectivity index (χ0n) is 15.3. The second kappa shape index (κ2) is 8.13. The Morgan fingerprint density at radius 3 is 2.28 bits per heavy atom. The molecule has 1 saturated heterocycles. The molecule has 1 aliphatic rings. The summed E-state index contributed by atoms with van der Waals surface area (Å²) in [6.45, 7) is 8.40. The molecular weight excluding hydrogens is 310 g/mol. The molecule has 0 amide bonds. The Labute approximate surface area is 151 Å². The highest BCUT2D eigenvalue weighted by Crippen LogP contribution is 2.40. The smallest absolute Gasteiger partial charge is 0.0974 e. The predicted molar refractivity (Wildman–Crippen MR) is 102 cm³/mol. The fraction of sp³-hybridized carbons (Fsp3) is 0.455. The van der Waals surface area contributed by atoms with Gasteiger partial charge in [-0.3, -0.25) is 4.90 Å². The topological polar surface area (TPSA) is 32.7 Å². The van der Waals surface area contributed by atoms with Gasteiger partial charge in [0.25, 0.3) is 0 Å². The molecule has 0 aliphatic carbocycles. The first-order valence-corrected chi connectivity index (χ1v) is 9.28. The molecule has 25 heavy (non-hydrogen) atoms. The van der Waals surface area contributed by atoms with Gasteiger partial charge >= 0.3 is 0 Å². The maximum Gasteiger partial charge on any atom is 0.0974 e. The molecule has 0 bridgehead atoms. The molecule has 1 fully saturated rings. The van der Waals surface area contributed by atoms with E-state index in [0.29, 0.717) is 6.42 Å². The van der Waals surface area contributed by atoms with E-state index in [9.17, 15) is 5.11 Å². The van der Waals surface area contributed by atoms with Crippen LogP contribution in [0.2, 0.25) is 0 Å². The summed E-state index contributed by atoms with van der Waals surface area (Å²) in [6, 6.07) is 18.8. The van der Waals surface area contributed by atoms with Gasteiger partial charge in [-0.05, 0) is 24.5 Å². The Balaban J connectivity index is 1.96. The van der Waals surface area contributed by atoms with Gasteiger partial charge in [0.15, 0.2) is 0 Å². The molecule has 1 aliphatic heterocycles. The van der Waals surface area contributed by atoms with Crippen LogP contribution in [0.15, 0.2) is 54.6 Å². The van der Waals surface area contributed by atoms with Crippen molar-refractivity contribution >= 4 is 0 Å². The average Bonchev–Trinajstić information content (AvgIpc) is 2.67. The highest BCUT2D eigenvalue weighted by Gasteiger charge is 2.39. The van der Waals surface area contributed by atoms with Gasteiger partial charge in [0.2, 0.25) is 0 Å². The zero-order valence-corrected chi connectivity index (χ0v) is 15.3. The maximum absolute atomic E-state index is 11.8. The minimum Gasteiger partial charge on any atom is -0.384 e.